The van der Waals surface area contributed by atoms with Crippen molar-refractivity contribution in [3.63, 3.8) is 0 Å². The molecule has 2 heterocycles. The Labute approximate surface area is 135 Å². The standard InChI is InChI=1S/C18H19N3O2/c1-5-12-6-7-13(16-17(22)18(3,4)23-21-16)8-14(12)15-10-19-11(2)9-20-15/h6-10H,5H2,1-4H3. The number of benzene rings is 1. The summed E-state index contributed by atoms with van der Waals surface area (Å²) in [6.07, 6.45) is 4.37. The molecule has 0 amide bonds. The van der Waals surface area contributed by atoms with E-state index in [0.717, 1.165) is 34.5 Å². The van der Waals surface area contributed by atoms with Crippen LogP contribution in [0.1, 0.15) is 37.6 Å². The van der Waals surface area contributed by atoms with Crippen LogP contribution in [0.3, 0.4) is 0 Å². The van der Waals surface area contributed by atoms with Gasteiger partial charge in [0, 0.05) is 17.3 Å². The lowest BCUT2D eigenvalue weighted by molar-refractivity contribution is -0.128. The van der Waals surface area contributed by atoms with Gasteiger partial charge in [-0.2, -0.15) is 0 Å². The van der Waals surface area contributed by atoms with Gasteiger partial charge < -0.3 is 4.84 Å². The molecular weight excluding hydrogens is 290 g/mol. The fraction of sp³-hybridized carbons (Fsp3) is 0.333. The third kappa shape index (κ3) is 2.74. The van der Waals surface area contributed by atoms with Crippen LogP contribution in [0.25, 0.3) is 11.3 Å². The van der Waals surface area contributed by atoms with Gasteiger partial charge >= 0.3 is 0 Å². The second kappa shape index (κ2) is 5.57. The van der Waals surface area contributed by atoms with E-state index >= 15 is 0 Å². The van der Waals surface area contributed by atoms with Gasteiger partial charge in [-0.25, -0.2) is 0 Å². The summed E-state index contributed by atoms with van der Waals surface area (Å²) in [5.74, 6) is -0.109. The molecule has 5 nitrogen and oxygen atoms in total. The van der Waals surface area contributed by atoms with Crippen molar-refractivity contribution in [1.82, 2.24) is 9.97 Å². The number of carbonyl (C=O) groups excluding carboxylic acids is 1. The number of Topliss-reactive ketones (excluding diaryl/α,β-unsaturated/α-hetero) is 1. The average molecular weight is 309 g/mol. The number of nitrogens with zero attached hydrogens (tertiary/aromatic N) is 3. The highest BCUT2D eigenvalue weighted by atomic mass is 16.7. The van der Waals surface area contributed by atoms with E-state index in [1.807, 2.05) is 25.1 Å². The monoisotopic (exact) mass is 309 g/mol. The molecule has 0 saturated carbocycles. The minimum absolute atomic E-state index is 0.109. The maximum atomic E-state index is 12.4. The van der Waals surface area contributed by atoms with Gasteiger partial charge in [0.2, 0.25) is 5.78 Å². The van der Waals surface area contributed by atoms with Crippen molar-refractivity contribution in [2.45, 2.75) is 39.7 Å². The number of rotatable bonds is 3. The lowest BCUT2D eigenvalue weighted by Crippen LogP contribution is -2.33. The van der Waals surface area contributed by atoms with Crippen LogP contribution in [-0.4, -0.2) is 27.1 Å². The minimum Gasteiger partial charge on any atom is -0.381 e. The second-order valence-electron chi connectivity index (χ2n) is 6.14. The smallest absolute Gasteiger partial charge is 0.230 e. The van der Waals surface area contributed by atoms with Crippen LogP contribution >= 0.6 is 0 Å². The molecule has 0 spiro atoms. The van der Waals surface area contributed by atoms with E-state index in [1.54, 1.807) is 26.2 Å². The molecule has 23 heavy (non-hydrogen) atoms. The molecule has 1 aliphatic rings. The topological polar surface area (TPSA) is 64.4 Å². The maximum Gasteiger partial charge on any atom is 0.230 e. The Morgan fingerprint density at radius 1 is 1.17 bits per heavy atom. The van der Waals surface area contributed by atoms with E-state index < -0.39 is 5.60 Å². The maximum absolute atomic E-state index is 12.4. The van der Waals surface area contributed by atoms with Gasteiger partial charge in [0.15, 0.2) is 11.3 Å². The first-order valence-electron chi connectivity index (χ1n) is 7.65. The van der Waals surface area contributed by atoms with Gasteiger partial charge in [0.25, 0.3) is 0 Å². The van der Waals surface area contributed by atoms with Gasteiger partial charge in [-0.15, -0.1) is 0 Å². The van der Waals surface area contributed by atoms with Gasteiger partial charge in [0.1, 0.15) is 0 Å². The Kier molecular flexibility index (Phi) is 3.72. The SMILES string of the molecule is CCc1ccc(C2=NOC(C)(C)C2=O)cc1-c1cnc(C)cn1. The van der Waals surface area contributed by atoms with Crippen LogP contribution in [0.15, 0.2) is 35.7 Å². The van der Waals surface area contributed by atoms with Crippen LogP contribution in [-0.2, 0) is 16.1 Å². The van der Waals surface area contributed by atoms with Crippen LogP contribution < -0.4 is 0 Å². The number of carbonyl (C=O) groups is 1. The number of hydrogen-bond donors (Lipinski definition) is 0. The van der Waals surface area contributed by atoms with E-state index in [0.29, 0.717) is 5.71 Å². The molecule has 0 radical (unpaired) electrons. The van der Waals surface area contributed by atoms with Crippen molar-refractivity contribution >= 4 is 11.5 Å². The predicted octanol–water partition coefficient (Wildman–Crippen LogP) is 3.10. The zero-order chi connectivity index (χ0) is 16.6. The molecule has 0 aliphatic carbocycles. The molecule has 5 heteroatoms. The van der Waals surface area contributed by atoms with Gasteiger partial charge in [0.05, 0.1) is 17.6 Å². The molecule has 0 atom stereocenters. The number of hydrogen-bond acceptors (Lipinski definition) is 5. The largest absolute Gasteiger partial charge is 0.381 e. The van der Waals surface area contributed by atoms with E-state index in [4.69, 9.17) is 4.84 Å². The first-order valence-corrected chi connectivity index (χ1v) is 7.65. The second-order valence-corrected chi connectivity index (χ2v) is 6.14. The Morgan fingerprint density at radius 3 is 2.52 bits per heavy atom. The molecule has 0 saturated heterocycles. The Hall–Kier alpha value is -2.56. The predicted molar refractivity (Wildman–Crippen MR) is 88.3 cm³/mol. The summed E-state index contributed by atoms with van der Waals surface area (Å²) < 4.78 is 0. The summed E-state index contributed by atoms with van der Waals surface area (Å²) in [4.78, 5) is 26.4. The molecule has 118 valence electrons. The fourth-order valence-corrected chi connectivity index (χ4v) is 2.51. The molecule has 2 aromatic rings. The highest BCUT2D eigenvalue weighted by molar-refractivity contribution is 6.49. The van der Waals surface area contributed by atoms with Gasteiger partial charge in [-0.05, 0) is 38.8 Å². The first-order chi connectivity index (χ1) is 10.9. The molecular formula is C18H19N3O2. The average Bonchev–Trinajstić information content (AvgIpc) is 2.81. The zero-order valence-corrected chi connectivity index (χ0v) is 13.8. The minimum atomic E-state index is -0.900. The number of aryl methyl sites for hydroxylation is 2. The van der Waals surface area contributed by atoms with E-state index in [9.17, 15) is 4.79 Å². The van der Waals surface area contributed by atoms with Crippen molar-refractivity contribution < 1.29 is 9.63 Å². The lowest BCUT2D eigenvalue weighted by Gasteiger charge is -2.12. The van der Waals surface area contributed by atoms with Crippen molar-refractivity contribution in [2.75, 3.05) is 0 Å². The fourth-order valence-electron chi connectivity index (χ4n) is 2.51. The zero-order valence-electron chi connectivity index (χ0n) is 13.8. The Balaban J connectivity index is 2.07. The van der Waals surface area contributed by atoms with Crippen molar-refractivity contribution in [1.29, 1.82) is 0 Å². The molecule has 0 unspecified atom stereocenters. The lowest BCUT2D eigenvalue weighted by atomic mass is 9.92. The number of oxime groups is 1. The number of ketones is 1. The first kappa shape index (κ1) is 15.3. The molecule has 1 aromatic carbocycles. The number of aromatic nitrogens is 2. The molecule has 1 aromatic heterocycles. The van der Waals surface area contributed by atoms with Crippen molar-refractivity contribution in [3.8, 4) is 11.3 Å². The molecule has 3 rings (SSSR count). The summed E-state index contributed by atoms with van der Waals surface area (Å²) in [6.45, 7) is 7.43. The van der Waals surface area contributed by atoms with Gasteiger partial charge in [-0.1, -0.05) is 24.2 Å². The quantitative estimate of drug-likeness (QED) is 0.874. The van der Waals surface area contributed by atoms with Crippen LogP contribution in [0, 0.1) is 6.92 Å². The highest BCUT2D eigenvalue weighted by Crippen LogP contribution is 2.27. The van der Waals surface area contributed by atoms with Crippen molar-refractivity contribution in [3.05, 3.63) is 47.4 Å². The van der Waals surface area contributed by atoms with Crippen LogP contribution in [0.5, 0.6) is 0 Å². The molecule has 0 N–H and O–H groups in total. The summed E-state index contributed by atoms with van der Waals surface area (Å²) in [5, 5.41) is 3.98. The summed E-state index contributed by atoms with van der Waals surface area (Å²) >= 11 is 0. The van der Waals surface area contributed by atoms with E-state index in [-0.39, 0.29) is 5.78 Å². The molecule has 0 bridgehead atoms. The van der Waals surface area contributed by atoms with Crippen molar-refractivity contribution in [2.24, 2.45) is 5.16 Å². The third-order valence-corrected chi connectivity index (χ3v) is 3.95. The normalized spacial score (nSPS) is 16.2. The summed E-state index contributed by atoms with van der Waals surface area (Å²) in [5.41, 5.74) is 3.99. The third-order valence-electron chi connectivity index (χ3n) is 3.95. The molecule has 0 fully saturated rings. The van der Waals surface area contributed by atoms with E-state index in [2.05, 4.69) is 22.0 Å². The summed E-state index contributed by atoms with van der Waals surface area (Å²) in [6, 6.07) is 5.86. The Morgan fingerprint density at radius 2 is 1.96 bits per heavy atom. The van der Waals surface area contributed by atoms with Crippen LogP contribution in [0.4, 0.5) is 0 Å². The van der Waals surface area contributed by atoms with E-state index in [1.165, 1.54) is 0 Å². The Bertz CT molecular complexity index is 792. The summed E-state index contributed by atoms with van der Waals surface area (Å²) in [7, 11) is 0. The highest BCUT2D eigenvalue weighted by Gasteiger charge is 2.40. The van der Waals surface area contributed by atoms with Crippen LogP contribution in [0.2, 0.25) is 0 Å². The van der Waals surface area contributed by atoms with Gasteiger partial charge in [-0.3, -0.25) is 14.8 Å². The molecule has 1 aliphatic heterocycles.